The van der Waals surface area contributed by atoms with Crippen LogP contribution in [0.2, 0.25) is 0 Å². The third-order valence-corrected chi connectivity index (χ3v) is 7.57. The minimum Gasteiger partial charge on any atom is -0.378 e. The van der Waals surface area contributed by atoms with Crippen molar-refractivity contribution in [2.75, 3.05) is 6.61 Å². The standard InChI is InChI=1S/C22H40O/c1-3-18-6-8-19(9-7-18)10-14-22-15-13-21(16-23-22)20-11-4-17(2)5-12-20/h17-22H,3-16H2,1-2H3. The van der Waals surface area contributed by atoms with Gasteiger partial charge in [-0.3, -0.25) is 0 Å². The lowest BCUT2D eigenvalue weighted by atomic mass is 9.74. The van der Waals surface area contributed by atoms with E-state index in [1.165, 1.54) is 83.5 Å². The van der Waals surface area contributed by atoms with Crippen molar-refractivity contribution in [2.45, 2.75) is 103 Å². The van der Waals surface area contributed by atoms with Gasteiger partial charge in [0.25, 0.3) is 0 Å². The molecule has 1 aliphatic heterocycles. The molecule has 1 saturated heterocycles. The van der Waals surface area contributed by atoms with Crippen molar-refractivity contribution in [2.24, 2.45) is 29.6 Å². The fourth-order valence-electron chi connectivity index (χ4n) is 5.53. The Morgan fingerprint density at radius 1 is 0.696 bits per heavy atom. The van der Waals surface area contributed by atoms with Crippen LogP contribution in [0, 0.1) is 29.6 Å². The van der Waals surface area contributed by atoms with Gasteiger partial charge in [-0.2, -0.15) is 0 Å². The number of rotatable bonds is 5. The van der Waals surface area contributed by atoms with E-state index < -0.39 is 0 Å². The summed E-state index contributed by atoms with van der Waals surface area (Å²) < 4.78 is 6.30. The van der Waals surface area contributed by atoms with Crippen molar-refractivity contribution in [1.29, 1.82) is 0 Å². The van der Waals surface area contributed by atoms with Gasteiger partial charge in [0.1, 0.15) is 0 Å². The molecule has 134 valence electrons. The Bertz CT molecular complexity index is 315. The van der Waals surface area contributed by atoms with E-state index in [0.717, 1.165) is 36.2 Å². The summed E-state index contributed by atoms with van der Waals surface area (Å²) in [6.45, 7) is 5.87. The molecule has 2 saturated carbocycles. The molecule has 0 aromatic carbocycles. The highest BCUT2D eigenvalue weighted by Crippen LogP contribution is 2.39. The van der Waals surface area contributed by atoms with E-state index in [2.05, 4.69) is 13.8 Å². The summed E-state index contributed by atoms with van der Waals surface area (Å²) in [6.07, 6.45) is 19.4. The molecule has 3 aliphatic rings. The van der Waals surface area contributed by atoms with E-state index in [4.69, 9.17) is 4.74 Å². The van der Waals surface area contributed by atoms with Gasteiger partial charge in [0.15, 0.2) is 0 Å². The summed E-state index contributed by atoms with van der Waals surface area (Å²) in [6, 6.07) is 0. The Morgan fingerprint density at radius 3 is 1.96 bits per heavy atom. The Morgan fingerprint density at radius 2 is 1.35 bits per heavy atom. The molecule has 3 rings (SSSR count). The van der Waals surface area contributed by atoms with Crippen molar-refractivity contribution < 1.29 is 4.74 Å². The molecule has 2 aliphatic carbocycles. The van der Waals surface area contributed by atoms with Crippen molar-refractivity contribution in [3.8, 4) is 0 Å². The second-order valence-corrected chi connectivity index (χ2v) is 9.19. The summed E-state index contributed by atoms with van der Waals surface area (Å²) in [4.78, 5) is 0. The van der Waals surface area contributed by atoms with Crippen molar-refractivity contribution in [1.82, 2.24) is 0 Å². The summed E-state index contributed by atoms with van der Waals surface area (Å²) in [5.41, 5.74) is 0. The van der Waals surface area contributed by atoms with Crippen LogP contribution in [0.3, 0.4) is 0 Å². The van der Waals surface area contributed by atoms with E-state index in [9.17, 15) is 0 Å². The summed E-state index contributed by atoms with van der Waals surface area (Å²) >= 11 is 0. The van der Waals surface area contributed by atoms with Crippen molar-refractivity contribution >= 4 is 0 Å². The smallest absolute Gasteiger partial charge is 0.0575 e. The Kier molecular flexibility index (Phi) is 6.86. The monoisotopic (exact) mass is 320 g/mol. The van der Waals surface area contributed by atoms with Gasteiger partial charge < -0.3 is 4.74 Å². The maximum atomic E-state index is 6.30. The zero-order chi connectivity index (χ0) is 16.1. The maximum absolute atomic E-state index is 6.30. The first-order valence-corrected chi connectivity index (χ1v) is 10.9. The highest BCUT2D eigenvalue weighted by Gasteiger charge is 2.30. The minimum atomic E-state index is 0.595. The van der Waals surface area contributed by atoms with Crippen LogP contribution < -0.4 is 0 Å². The summed E-state index contributed by atoms with van der Waals surface area (Å²) in [7, 11) is 0. The predicted octanol–water partition coefficient (Wildman–Crippen LogP) is 6.60. The van der Waals surface area contributed by atoms with Gasteiger partial charge in [-0.15, -0.1) is 0 Å². The molecule has 1 heterocycles. The quantitative estimate of drug-likeness (QED) is 0.554. The highest BCUT2D eigenvalue weighted by molar-refractivity contribution is 4.81. The second-order valence-electron chi connectivity index (χ2n) is 9.19. The highest BCUT2D eigenvalue weighted by atomic mass is 16.5. The average Bonchev–Trinajstić information content (AvgIpc) is 2.61. The molecule has 0 spiro atoms. The van der Waals surface area contributed by atoms with E-state index in [0.29, 0.717) is 6.10 Å². The van der Waals surface area contributed by atoms with E-state index in [1.54, 1.807) is 0 Å². The van der Waals surface area contributed by atoms with Gasteiger partial charge in [-0.1, -0.05) is 58.8 Å². The molecule has 23 heavy (non-hydrogen) atoms. The van der Waals surface area contributed by atoms with Crippen LogP contribution in [0.5, 0.6) is 0 Å². The third kappa shape index (κ3) is 5.21. The molecule has 0 amide bonds. The fourth-order valence-corrected chi connectivity index (χ4v) is 5.53. The molecular formula is C22H40O. The van der Waals surface area contributed by atoms with Gasteiger partial charge in [0.05, 0.1) is 12.7 Å². The normalized spacial score (nSPS) is 42.5. The molecule has 2 atom stereocenters. The molecule has 1 heteroatoms. The molecule has 0 bridgehead atoms. The van der Waals surface area contributed by atoms with Gasteiger partial charge in [-0.25, -0.2) is 0 Å². The molecule has 0 N–H and O–H groups in total. The molecule has 0 aromatic heterocycles. The summed E-state index contributed by atoms with van der Waals surface area (Å²) in [5.74, 6) is 4.90. The SMILES string of the molecule is CCC1CCC(CCC2CCC(C3CCC(C)CC3)CO2)CC1. The van der Waals surface area contributed by atoms with Crippen LogP contribution in [0.25, 0.3) is 0 Å². The van der Waals surface area contributed by atoms with Gasteiger partial charge in [-0.05, 0) is 68.1 Å². The van der Waals surface area contributed by atoms with E-state index in [1.807, 2.05) is 0 Å². The Labute approximate surface area is 144 Å². The lowest BCUT2D eigenvalue weighted by Crippen LogP contribution is -2.32. The lowest BCUT2D eigenvalue weighted by molar-refractivity contribution is -0.0444. The van der Waals surface area contributed by atoms with E-state index >= 15 is 0 Å². The van der Waals surface area contributed by atoms with Crippen molar-refractivity contribution in [3.05, 3.63) is 0 Å². The number of hydrogen-bond acceptors (Lipinski definition) is 1. The van der Waals surface area contributed by atoms with Gasteiger partial charge in [0.2, 0.25) is 0 Å². The Balaban J connectivity index is 1.30. The largest absolute Gasteiger partial charge is 0.378 e. The van der Waals surface area contributed by atoms with Gasteiger partial charge >= 0.3 is 0 Å². The zero-order valence-corrected chi connectivity index (χ0v) is 15.8. The molecular weight excluding hydrogens is 280 g/mol. The molecule has 3 fully saturated rings. The second kappa shape index (κ2) is 8.88. The zero-order valence-electron chi connectivity index (χ0n) is 15.8. The molecule has 0 radical (unpaired) electrons. The van der Waals surface area contributed by atoms with E-state index in [-0.39, 0.29) is 0 Å². The Hall–Kier alpha value is -0.0400. The van der Waals surface area contributed by atoms with Crippen LogP contribution in [0.15, 0.2) is 0 Å². The first-order chi connectivity index (χ1) is 11.2. The number of ether oxygens (including phenoxy) is 1. The first kappa shape index (κ1) is 17.8. The van der Waals surface area contributed by atoms with Crippen LogP contribution >= 0.6 is 0 Å². The minimum absolute atomic E-state index is 0.595. The molecule has 1 nitrogen and oxygen atoms in total. The molecule has 2 unspecified atom stereocenters. The number of hydrogen-bond donors (Lipinski definition) is 0. The average molecular weight is 321 g/mol. The topological polar surface area (TPSA) is 9.23 Å². The summed E-state index contributed by atoms with van der Waals surface area (Å²) in [5, 5.41) is 0. The van der Waals surface area contributed by atoms with Crippen molar-refractivity contribution in [3.63, 3.8) is 0 Å². The van der Waals surface area contributed by atoms with Crippen LogP contribution in [-0.4, -0.2) is 12.7 Å². The van der Waals surface area contributed by atoms with Crippen LogP contribution in [0.1, 0.15) is 97.3 Å². The third-order valence-electron chi connectivity index (χ3n) is 7.57. The predicted molar refractivity (Wildman–Crippen MR) is 98.6 cm³/mol. The van der Waals surface area contributed by atoms with Gasteiger partial charge in [0, 0.05) is 0 Å². The first-order valence-electron chi connectivity index (χ1n) is 10.9. The lowest BCUT2D eigenvalue weighted by Gasteiger charge is -2.37. The maximum Gasteiger partial charge on any atom is 0.0575 e. The van der Waals surface area contributed by atoms with Crippen LogP contribution in [-0.2, 0) is 4.74 Å². The fraction of sp³-hybridized carbons (Fsp3) is 1.00. The van der Waals surface area contributed by atoms with Crippen LogP contribution in [0.4, 0.5) is 0 Å². The molecule has 0 aromatic rings.